The van der Waals surface area contributed by atoms with Crippen molar-refractivity contribution in [3.63, 3.8) is 0 Å². The summed E-state index contributed by atoms with van der Waals surface area (Å²) in [6.07, 6.45) is 9.76. The first kappa shape index (κ1) is 17.2. The summed E-state index contributed by atoms with van der Waals surface area (Å²) in [5.74, 6) is 1.58. The number of hydrogen-bond acceptors (Lipinski definition) is 3. The molecule has 0 aromatic heterocycles. The molecule has 0 aromatic carbocycles. The molecule has 6 atom stereocenters. The first-order valence-corrected chi connectivity index (χ1v) is 9.86. The summed E-state index contributed by atoms with van der Waals surface area (Å²) in [6, 6.07) is 0. The van der Waals surface area contributed by atoms with E-state index in [0.29, 0.717) is 30.0 Å². The van der Waals surface area contributed by atoms with E-state index in [4.69, 9.17) is 4.74 Å². The number of hydrogen-bond donors (Lipinski definition) is 0. The van der Waals surface area contributed by atoms with Crippen LogP contribution < -0.4 is 0 Å². The number of esters is 1. The van der Waals surface area contributed by atoms with E-state index < -0.39 is 6.86 Å². The Kier molecular flexibility index (Phi) is 4.08. The Labute approximate surface area is 149 Å². The van der Waals surface area contributed by atoms with Crippen molar-refractivity contribution in [2.24, 2.45) is 34.5 Å². The lowest BCUT2D eigenvalue weighted by molar-refractivity contribution is -0.160. The van der Waals surface area contributed by atoms with Gasteiger partial charge in [-0.25, -0.2) is 4.39 Å². The number of alkyl halides is 1. The predicted octanol–water partition coefficient (Wildman–Crippen LogP) is 4.60. The van der Waals surface area contributed by atoms with Crippen molar-refractivity contribution in [1.29, 1.82) is 0 Å². The summed E-state index contributed by atoms with van der Waals surface area (Å²) in [7, 11) is 0. The fourth-order valence-electron chi connectivity index (χ4n) is 7.10. The van der Waals surface area contributed by atoms with E-state index in [1.807, 2.05) is 6.08 Å². The molecule has 0 aromatic rings. The van der Waals surface area contributed by atoms with Gasteiger partial charge in [-0.05, 0) is 79.6 Å². The molecule has 3 nitrogen and oxygen atoms in total. The van der Waals surface area contributed by atoms with Gasteiger partial charge in [0.15, 0.2) is 5.78 Å². The molecule has 4 heteroatoms. The van der Waals surface area contributed by atoms with Crippen molar-refractivity contribution >= 4 is 11.8 Å². The standard InChI is InChI=1S/C21H29FO3/c1-20-9-7-14(23)11-13(20)3-4-15-16-5-6-18(19(24)25-12-22)21(16,2)10-8-17(15)20/h11,15-18H,3-10,12H2,1-2H3/t15-,16-,17-,18+,20-,21-/m0/s1. The van der Waals surface area contributed by atoms with Crippen LogP contribution in [0.5, 0.6) is 0 Å². The van der Waals surface area contributed by atoms with E-state index in [0.717, 1.165) is 44.9 Å². The molecule has 0 heterocycles. The highest BCUT2D eigenvalue weighted by Crippen LogP contribution is 2.66. The lowest BCUT2D eigenvalue weighted by Gasteiger charge is -2.57. The number of allylic oxidation sites excluding steroid dienone is 1. The Morgan fingerprint density at radius 2 is 1.96 bits per heavy atom. The number of rotatable bonds is 2. The van der Waals surface area contributed by atoms with Gasteiger partial charge in [-0.2, -0.15) is 0 Å². The second kappa shape index (κ2) is 5.92. The highest BCUT2D eigenvalue weighted by atomic mass is 19.1. The summed E-state index contributed by atoms with van der Waals surface area (Å²) in [5.41, 5.74) is 1.49. The number of ketones is 1. The van der Waals surface area contributed by atoms with E-state index >= 15 is 0 Å². The highest BCUT2D eigenvalue weighted by Gasteiger charge is 2.60. The van der Waals surface area contributed by atoms with Gasteiger partial charge in [-0.15, -0.1) is 0 Å². The maximum atomic E-state index is 12.5. The lowest BCUT2D eigenvalue weighted by Crippen LogP contribution is -2.51. The van der Waals surface area contributed by atoms with Crippen LogP contribution >= 0.6 is 0 Å². The van der Waals surface area contributed by atoms with E-state index in [1.165, 1.54) is 5.57 Å². The van der Waals surface area contributed by atoms with Gasteiger partial charge < -0.3 is 4.74 Å². The number of fused-ring (bicyclic) bond motifs is 5. The van der Waals surface area contributed by atoms with Crippen molar-refractivity contribution in [2.45, 2.75) is 65.2 Å². The Bertz CT molecular complexity index is 627. The topological polar surface area (TPSA) is 43.4 Å². The Morgan fingerprint density at radius 3 is 2.72 bits per heavy atom. The molecule has 0 bridgehead atoms. The minimum atomic E-state index is -1.01. The number of carbonyl (C=O) groups excluding carboxylic acids is 2. The first-order valence-electron chi connectivity index (χ1n) is 9.86. The fraction of sp³-hybridized carbons (Fsp3) is 0.810. The predicted molar refractivity (Wildman–Crippen MR) is 92.3 cm³/mol. The average molecular weight is 348 g/mol. The summed E-state index contributed by atoms with van der Waals surface area (Å²) in [5, 5.41) is 0. The summed E-state index contributed by atoms with van der Waals surface area (Å²) < 4.78 is 17.2. The molecule has 3 saturated carbocycles. The third kappa shape index (κ3) is 2.43. The van der Waals surface area contributed by atoms with Gasteiger partial charge in [0.05, 0.1) is 5.92 Å². The van der Waals surface area contributed by atoms with Gasteiger partial charge in [0.2, 0.25) is 6.86 Å². The highest BCUT2D eigenvalue weighted by molar-refractivity contribution is 5.91. The smallest absolute Gasteiger partial charge is 0.311 e. The summed E-state index contributed by atoms with van der Waals surface area (Å²) in [6.45, 7) is 3.60. The molecule has 0 aliphatic heterocycles. The molecule has 138 valence electrons. The molecule has 4 rings (SSSR count). The quantitative estimate of drug-likeness (QED) is 0.685. The van der Waals surface area contributed by atoms with Gasteiger partial charge >= 0.3 is 5.97 Å². The average Bonchev–Trinajstić information content (AvgIpc) is 2.93. The van der Waals surface area contributed by atoms with Gasteiger partial charge in [-0.1, -0.05) is 19.4 Å². The molecule has 3 fully saturated rings. The molecule has 0 amide bonds. The van der Waals surface area contributed by atoms with Crippen LogP contribution in [0.15, 0.2) is 11.6 Å². The monoisotopic (exact) mass is 348 g/mol. The van der Waals surface area contributed by atoms with Crippen molar-refractivity contribution in [3.8, 4) is 0 Å². The molecule has 0 unspecified atom stereocenters. The van der Waals surface area contributed by atoms with Crippen LogP contribution in [0, 0.1) is 34.5 Å². The van der Waals surface area contributed by atoms with Crippen LogP contribution in [0.4, 0.5) is 4.39 Å². The van der Waals surface area contributed by atoms with Gasteiger partial charge in [0, 0.05) is 6.42 Å². The molecule has 0 radical (unpaired) electrons. The molecule has 0 N–H and O–H groups in total. The molecular weight excluding hydrogens is 319 g/mol. The Morgan fingerprint density at radius 1 is 1.16 bits per heavy atom. The van der Waals surface area contributed by atoms with E-state index in [9.17, 15) is 14.0 Å². The Hall–Kier alpha value is -1.19. The second-order valence-electron chi connectivity index (χ2n) is 9.22. The number of halogens is 1. The normalized spacial score (nSPS) is 45.9. The minimum Gasteiger partial charge on any atom is -0.433 e. The first-order chi connectivity index (χ1) is 11.9. The molecule has 4 aliphatic carbocycles. The molecule has 0 spiro atoms. The number of carbonyl (C=O) groups is 2. The maximum absolute atomic E-state index is 12.5. The third-order valence-corrected chi connectivity index (χ3v) is 8.44. The van der Waals surface area contributed by atoms with Crippen LogP contribution in [0.1, 0.15) is 65.2 Å². The maximum Gasteiger partial charge on any atom is 0.311 e. The van der Waals surface area contributed by atoms with E-state index in [-0.39, 0.29) is 22.7 Å². The van der Waals surface area contributed by atoms with E-state index in [2.05, 4.69) is 13.8 Å². The van der Waals surface area contributed by atoms with Gasteiger partial charge in [-0.3, -0.25) is 9.59 Å². The van der Waals surface area contributed by atoms with Crippen LogP contribution in [0.3, 0.4) is 0 Å². The minimum absolute atomic E-state index is 0.0461. The molecule has 25 heavy (non-hydrogen) atoms. The van der Waals surface area contributed by atoms with Crippen LogP contribution in [0.25, 0.3) is 0 Å². The van der Waals surface area contributed by atoms with E-state index in [1.54, 1.807) is 0 Å². The van der Waals surface area contributed by atoms with Crippen molar-refractivity contribution in [2.75, 3.05) is 6.86 Å². The second-order valence-corrected chi connectivity index (χ2v) is 9.22. The fourth-order valence-corrected chi connectivity index (χ4v) is 7.10. The van der Waals surface area contributed by atoms with Crippen molar-refractivity contribution < 1.29 is 18.7 Å². The zero-order valence-corrected chi connectivity index (χ0v) is 15.4. The summed E-state index contributed by atoms with van der Waals surface area (Å²) >= 11 is 0. The zero-order chi connectivity index (χ0) is 17.8. The lowest BCUT2D eigenvalue weighted by atomic mass is 9.47. The summed E-state index contributed by atoms with van der Waals surface area (Å²) in [4.78, 5) is 24.2. The molecule has 0 saturated heterocycles. The SMILES string of the molecule is C[C@]12CC[C@H]3[C@@H](CCC4=CC(=O)CC[C@@]43C)[C@@H]1CC[C@@H]2C(=O)OCF. The largest absolute Gasteiger partial charge is 0.433 e. The van der Waals surface area contributed by atoms with Crippen LogP contribution in [-0.2, 0) is 14.3 Å². The van der Waals surface area contributed by atoms with Gasteiger partial charge in [0.25, 0.3) is 0 Å². The van der Waals surface area contributed by atoms with Crippen LogP contribution in [0.2, 0.25) is 0 Å². The molecule has 4 aliphatic rings. The number of ether oxygens (including phenoxy) is 1. The van der Waals surface area contributed by atoms with Crippen LogP contribution in [-0.4, -0.2) is 18.6 Å². The van der Waals surface area contributed by atoms with Gasteiger partial charge in [0.1, 0.15) is 0 Å². The molecular formula is C21H29FO3. The Balaban J connectivity index is 1.61. The zero-order valence-electron chi connectivity index (χ0n) is 15.4. The van der Waals surface area contributed by atoms with Crippen molar-refractivity contribution in [3.05, 3.63) is 11.6 Å². The third-order valence-electron chi connectivity index (χ3n) is 8.44. The van der Waals surface area contributed by atoms with Crippen molar-refractivity contribution in [1.82, 2.24) is 0 Å².